The van der Waals surface area contributed by atoms with E-state index in [-0.39, 0.29) is 0 Å². The molecule has 0 radical (unpaired) electrons. The molecule has 0 bridgehead atoms. The van der Waals surface area contributed by atoms with Crippen LogP contribution in [0.15, 0.2) is 30.5 Å². The van der Waals surface area contributed by atoms with E-state index in [4.69, 9.17) is 10.5 Å². The van der Waals surface area contributed by atoms with Crippen molar-refractivity contribution in [2.75, 3.05) is 7.11 Å². The first-order chi connectivity index (χ1) is 5.36. The van der Waals surface area contributed by atoms with Crippen molar-refractivity contribution in [3.8, 4) is 5.75 Å². The van der Waals surface area contributed by atoms with Gasteiger partial charge in [0.1, 0.15) is 5.75 Å². The van der Waals surface area contributed by atoms with E-state index >= 15 is 0 Å². The fourth-order valence-electron chi connectivity index (χ4n) is 0.826. The molecule has 1 rings (SSSR count). The summed E-state index contributed by atoms with van der Waals surface area (Å²) in [5, 5.41) is 0. The standard InChI is InChI=1S/C9H11NO/c1-11-9-4-2-8(3-5-9)6-7-10/h2-7H,10H2,1H3. The van der Waals surface area contributed by atoms with Crippen LogP contribution >= 0.6 is 0 Å². The Bertz CT molecular complexity index is 238. The average molecular weight is 149 g/mol. The Balaban J connectivity index is 2.82. The van der Waals surface area contributed by atoms with Gasteiger partial charge in [-0.3, -0.25) is 0 Å². The highest BCUT2D eigenvalue weighted by atomic mass is 16.5. The number of hydrogen-bond acceptors (Lipinski definition) is 2. The summed E-state index contributed by atoms with van der Waals surface area (Å²) < 4.78 is 4.99. The summed E-state index contributed by atoms with van der Waals surface area (Å²) in [5.41, 5.74) is 6.30. The fourth-order valence-corrected chi connectivity index (χ4v) is 0.826. The molecule has 1 aromatic carbocycles. The van der Waals surface area contributed by atoms with Crippen molar-refractivity contribution >= 4 is 6.08 Å². The molecule has 0 saturated heterocycles. The Morgan fingerprint density at radius 3 is 2.36 bits per heavy atom. The first-order valence-corrected chi connectivity index (χ1v) is 3.39. The summed E-state index contributed by atoms with van der Waals surface area (Å²) in [7, 11) is 1.65. The van der Waals surface area contributed by atoms with Gasteiger partial charge in [0.2, 0.25) is 0 Å². The van der Waals surface area contributed by atoms with Crippen molar-refractivity contribution in [2.24, 2.45) is 5.73 Å². The number of nitrogens with two attached hydrogens (primary N) is 1. The van der Waals surface area contributed by atoms with E-state index in [1.165, 1.54) is 6.20 Å². The smallest absolute Gasteiger partial charge is 0.118 e. The van der Waals surface area contributed by atoms with Crippen LogP contribution in [-0.2, 0) is 0 Å². The molecule has 58 valence electrons. The summed E-state index contributed by atoms with van der Waals surface area (Å²) >= 11 is 0. The molecule has 0 aliphatic heterocycles. The molecule has 0 fully saturated rings. The molecule has 0 spiro atoms. The van der Waals surface area contributed by atoms with Crippen molar-refractivity contribution in [2.45, 2.75) is 0 Å². The maximum absolute atomic E-state index is 5.22. The zero-order chi connectivity index (χ0) is 8.10. The largest absolute Gasteiger partial charge is 0.497 e. The Hall–Kier alpha value is -1.44. The molecule has 1 aromatic rings. The summed E-state index contributed by atoms with van der Waals surface area (Å²) in [6, 6.07) is 7.69. The van der Waals surface area contributed by atoms with Crippen LogP contribution in [0.5, 0.6) is 5.75 Å². The van der Waals surface area contributed by atoms with Gasteiger partial charge in [-0.15, -0.1) is 0 Å². The van der Waals surface area contributed by atoms with Crippen molar-refractivity contribution in [3.05, 3.63) is 36.0 Å². The van der Waals surface area contributed by atoms with Crippen molar-refractivity contribution in [1.82, 2.24) is 0 Å². The third-order valence-electron chi connectivity index (χ3n) is 1.40. The number of hydrogen-bond donors (Lipinski definition) is 1. The van der Waals surface area contributed by atoms with Gasteiger partial charge in [0.15, 0.2) is 0 Å². The summed E-state index contributed by atoms with van der Waals surface area (Å²) in [4.78, 5) is 0. The molecule has 0 heterocycles. The van der Waals surface area contributed by atoms with E-state index in [1.807, 2.05) is 30.3 Å². The second kappa shape index (κ2) is 3.66. The third kappa shape index (κ3) is 2.00. The Morgan fingerprint density at radius 2 is 1.91 bits per heavy atom. The van der Waals surface area contributed by atoms with Crippen molar-refractivity contribution < 1.29 is 4.74 Å². The van der Waals surface area contributed by atoms with Crippen LogP contribution in [0.4, 0.5) is 0 Å². The first kappa shape index (κ1) is 7.66. The van der Waals surface area contributed by atoms with E-state index in [1.54, 1.807) is 7.11 Å². The van der Waals surface area contributed by atoms with Gasteiger partial charge in [-0.25, -0.2) is 0 Å². The summed E-state index contributed by atoms with van der Waals surface area (Å²) in [6.07, 6.45) is 3.35. The van der Waals surface area contributed by atoms with Gasteiger partial charge in [-0.2, -0.15) is 0 Å². The average Bonchev–Trinajstić information content (AvgIpc) is 2.07. The first-order valence-electron chi connectivity index (χ1n) is 3.39. The van der Waals surface area contributed by atoms with Crippen LogP contribution < -0.4 is 10.5 Å². The second-order valence-corrected chi connectivity index (χ2v) is 2.13. The predicted octanol–water partition coefficient (Wildman–Crippen LogP) is 1.62. The van der Waals surface area contributed by atoms with E-state index in [9.17, 15) is 0 Å². The lowest BCUT2D eigenvalue weighted by molar-refractivity contribution is 0.415. The van der Waals surface area contributed by atoms with Gasteiger partial charge in [0.25, 0.3) is 0 Å². The van der Waals surface area contributed by atoms with E-state index in [0.29, 0.717) is 0 Å². The molecule has 0 unspecified atom stereocenters. The highest BCUT2D eigenvalue weighted by Crippen LogP contribution is 2.11. The highest BCUT2D eigenvalue weighted by molar-refractivity contribution is 5.49. The molecule has 2 N–H and O–H groups in total. The van der Waals surface area contributed by atoms with E-state index < -0.39 is 0 Å². The van der Waals surface area contributed by atoms with Crippen LogP contribution in [0.2, 0.25) is 0 Å². The maximum Gasteiger partial charge on any atom is 0.118 e. The number of rotatable bonds is 2. The number of benzene rings is 1. The maximum atomic E-state index is 5.22. The van der Waals surface area contributed by atoms with Crippen LogP contribution in [0.3, 0.4) is 0 Å². The highest BCUT2D eigenvalue weighted by Gasteiger charge is 1.88. The van der Waals surface area contributed by atoms with Crippen molar-refractivity contribution in [1.29, 1.82) is 0 Å². The monoisotopic (exact) mass is 149 g/mol. The lowest BCUT2D eigenvalue weighted by Crippen LogP contribution is -1.82. The van der Waals surface area contributed by atoms with Gasteiger partial charge in [0.05, 0.1) is 7.11 Å². The topological polar surface area (TPSA) is 35.2 Å². The molecule has 0 saturated carbocycles. The normalized spacial score (nSPS) is 10.3. The number of ether oxygens (including phenoxy) is 1. The molecular weight excluding hydrogens is 138 g/mol. The molecule has 2 heteroatoms. The third-order valence-corrected chi connectivity index (χ3v) is 1.40. The predicted molar refractivity (Wildman–Crippen MR) is 46.2 cm³/mol. The molecule has 2 nitrogen and oxygen atoms in total. The lowest BCUT2D eigenvalue weighted by Gasteiger charge is -1.98. The molecule has 0 atom stereocenters. The van der Waals surface area contributed by atoms with E-state index in [0.717, 1.165) is 11.3 Å². The van der Waals surface area contributed by atoms with E-state index in [2.05, 4.69) is 0 Å². The molecule has 0 aliphatic rings. The van der Waals surface area contributed by atoms with Gasteiger partial charge in [0, 0.05) is 0 Å². The lowest BCUT2D eigenvalue weighted by atomic mass is 10.2. The minimum atomic E-state index is 0.860. The zero-order valence-corrected chi connectivity index (χ0v) is 6.45. The van der Waals surface area contributed by atoms with Gasteiger partial charge >= 0.3 is 0 Å². The Labute approximate surface area is 66.3 Å². The zero-order valence-electron chi connectivity index (χ0n) is 6.45. The molecule has 0 amide bonds. The van der Waals surface area contributed by atoms with Gasteiger partial charge in [-0.05, 0) is 30.0 Å². The minimum absolute atomic E-state index is 0.860. The summed E-state index contributed by atoms with van der Waals surface area (Å²) in [5.74, 6) is 0.860. The second-order valence-electron chi connectivity index (χ2n) is 2.13. The van der Waals surface area contributed by atoms with Crippen LogP contribution in [0.1, 0.15) is 5.56 Å². The molecule has 0 aliphatic carbocycles. The quantitative estimate of drug-likeness (QED) is 0.693. The molecule has 0 aromatic heterocycles. The van der Waals surface area contributed by atoms with Gasteiger partial charge in [-0.1, -0.05) is 12.1 Å². The van der Waals surface area contributed by atoms with Crippen molar-refractivity contribution in [3.63, 3.8) is 0 Å². The molecule has 11 heavy (non-hydrogen) atoms. The molecular formula is C9H11NO. The minimum Gasteiger partial charge on any atom is -0.497 e. The van der Waals surface area contributed by atoms with Crippen LogP contribution in [0, 0.1) is 0 Å². The Kier molecular flexibility index (Phi) is 2.55. The Morgan fingerprint density at radius 1 is 1.27 bits per heavy atom. The SMILES string of the molecule is COc1ccc(C=CN)cc1. The number of methoxy groups -OCH3 is 1. The van der Waals surface area contributed by atoms with Gasteiger partial charge < -0.3 is 10.5 Å². The fraction of sp³-hybridized carbons (Fsp3) is 0.111. The van der Waals surface area contributed by atoms with Crippen LogP contribution in [-0.4, -0.2) is 7.11 Å². The summed E-state index contributed by atoms with van der Waals surface area (Å²) in [6.45, 7) is 0. The van der Waals surface area contributed by atoms with Crippen LogP contribution in [0.25, 0.3) is 6.08 Å².